The predicted molar refractivity (Wildman–Crippen MR) is 124 cm³/mol. The number of fused-ring (bicyclic) bond motifs is 1. The smallest absolute Gasteiger partial charge is 0.283 e. The number of hydrazone groups is 1. The number of ether oxygens (including phenoxy) is 1. The molecule has 3 aliphatic rings. The van der Waals surface area contributed by atoms with Crippen LogP contribution in [0, 0.1) is 11.3 Å². The van der Waals surface area contributed by atoms with Crippen LogP contribution in [-0.2, 0) is 4.79 Å². The van der Waals surface area contributed by atoms with Gasteiger partial charge in [-0.15, -0.1) is 0 Å². The van der Waals surface area contributed by atoms with Gasteiger partial charge in [0.15, 0.2) is 5.84 Å². The number of nitrogens with one attached hydrogen (secondary N) is 1. The zero-order chi connectivity index (χ0) is 21.4. The fraction of sp³-hybridized carbons (Fsp3) is 0.304. The van der Waals surface area contributed by atoms with Gasteiger partial charge in [0.05, 0.1) is 18.4 Å². The van der Waals surface area contributed by atoms with Crippen LogP contribution in [0.2, 0.25) is 0 Å². The van der Waals surface area contributed by atoms with Gasteiger partial charge in [-0.3, -0.25) is 10.2 Å². The Morgan fingerprint density at radius 3 is 2.77 bits per heavy atom. The van der Waals surface area contributed by atoms with Crippen LogP contribution in [0.15, 0.2) is 58.3 Å². The van der Waals surface area contributed by atoms with Gasteiger partial charge in [0, 0.05) is 17.8 Å². The molecular formula is C23H23N5O2S. The molecule has 8 heteroatoms. The van der Waals surface area contributed by atoms with E-state index in [-0.39, 0.29) is 11.4 Å². The van der Waals surface area contributed by atoms with E-state index in [0.717, 1.165) is 35.0 Å². The molecule has 158 valence electrons. The van der Waals surface area contributed by atoms with Crippen molar-refractivity contribution in [2.45, 2.75) is 32.1 Å². The van der Waals surface area contributed by atoms with Gasteiger partial charge in [-0.1, -0.05) is 31.4 Å². The van der Waals surface area contributed by atoms with Crippen molar-refractivity contribution in [1.82, 2.24) is 9.58 Å². The lowest BCUT2D eigenvalue weighted by Gasteiger charge is -2.20. The summed E-state index contributed by atoms with van der Waals surface area (Å²) in [5.74, 6) is 0.796. The number of aromatic nitrogens is 1. The number of benzene rings is 1. The van der Waals surface area contributed by atoms with Crippen molar-refractivity contribution in [3.63, 3.8) is 0 Å². The van der Waals surface area contributed by atoms with Gasteiger partial charge in [0.2, 0.25) is 5.17 Å². The summed E-state index contributed by atoms with van der Waals surface area (Å²) < 4.78 is 7.41. The van der Waals surface area contributed by atoms with E-state index in [2.05, 4.69) is 10.1 Å². The number of carbonyl (C=O) groups is 1. The average Bonchev–Trinajstić information content (AvgIpc) is 3.44. The standard InChI is InChI=1S/C23H23N5O2S/c1-30-19-12-6-5-11-18(19)27-13-7-10-16(27)14-17-20(24)28-23(25-21(17)29)31-22(26-28)15-8-3-2-4-9-15/h5-7,10-15,24H,2-4,8-9H2,1H3/b17-14+,24-20?. The monoisotopic (exact) mass is 433 g/mol. The number of carbonyl (C=O) groups excluding carboxylic acids is 1. The van der Waals surface area contributed by atoms with E-state index in [4.69, 9.17) is 10.1 Å². The van der Waals surface area contributed by atoms with Crippen LogP contribution in [0.1, 0.15) is 37.8 Å². The first-order valence-electron chi connectivity index (χ1n) is 10.5. The SMILES string of the molecule is COc1ccccc1-n1cccc1/C=C1\C(=N)N2N=C(C3CCCCC3)SC2=NC1=O. The van der Waals surface area contributed by atoms with Crippen LogP contribution in [0.4, 0.5) is 0 Å². The maximum absolute atomic E-state index is 12.8. The molecule has 3 heterocycles. The fourth-order valence-corrected chi connectivity index (χ4v) is 5.29. The number of para-hydroxylation sites is 2. The second-order valence-electron chi connectivity index (χ2n) is 7.77. The van der Waals surface area contributed by atoms with Gasteiger partial charge in [-0.05, 0) is 54.9 Å². The molecule has 0 spiro atoms. The molecule has 2 aromatic rings. The quantitative estimate of drug-likeness (QED) is 0.710. The molecule has 1 aliphatic carbocycles. The third-order valence-corrected chi connectivity index (χ3v) is 6.91. The Morgan fingerprint density at radius 1 is 1.16 bits per heavy atom. The topological polar surface area (TPSA) is 83.0 Å². The molecule has 31 heavy (non-hydrogen) atoms. The number of hydrogen-bond donors (Lipinski definition) is 1. The van der Waals surface area contributed by atoms with Gasteiger partial charge in [-0.2, -0.15) is 15.1 Å². The van der Waals surface area contributed by atoms with Gasteiger partial charge >= 0.3 is 0 Å². The lowest BCUT2D eigenvalue weighted by Crippen LogP contribution is -2.35. The summed E-state index contributed by atoms with van der Waals surface area (Å²) in [5.41, 5.74) is 1.85. The summed E-state index contributed by atoms with van der Waals surface area (Å²) in [6.45, 7) is 0. The van der Waals surface area contributed by atoms with Crippen molar-refractivity contribution in [1.29, 1.82) is 5.41 Å². The molecule has 0 atom stereocenters. The normalized spacial score (nSPS) is 20.7. The summed E-state index contributed by atoms with van der Waals surface area (Å²) in [7, 11) is 1.63. The average molecular weight is 434 g/mol. The Bertz CT molecular complexity index is 1140. The van der Waals surface area contributed by atoms with Crippen molar-refractivity contribution >= 4 is 39.8 Å². The summed E-state index contributed by atoms with van der Waals surface area (Å²) in [6.07, 6.45) is 9.52. The lowest BCUT2D eigenvalue weighted by molar-refractivity contribution is -0.114. The molecule has 1 amide bonds. The van der Waals surface area contributed by atoms with Gasteiger partial charge < -0.3 is 9.30 Å². The molecule has 1 aromatic heterocycles. The van der Waals surface area contributed by atoms with Crippen LogP contribution >= 0.6 is 11.8 Å². The van der Waals surface area contributed by atoms with E-state index in [1.165, 1.54) is 36.0 Å². The largest absolute Gasteiger partial charge is 0.495 e. The molecule has 1 N–H and O–H groups in total. The van der Waals surface area contributed by atoms with Gasteiger partial charge in [0.1, 0.15) is 10.8 Å². The second kappa shape index (κ2) is 8.19. The minimum absolute atomic E-state index is 0.0705. The van der Waals surface area contributed by atoms with Crippen LogP contribution in [0.3, 0.4) is 0 Å². The number of amides is 1. The van der Waals surface area contributed by atoms with E-state index in [9.17, 15) is 4.79 Å². The minimum atomic E-state index is -0.406. The number of methoxy groups -OCH3 is 1. The molecule has 1 aromatic carbocycles. The van der Waals surface area contributed by atoms with E-state index >= 15 is 0 Å². The van der Waals surface area contributed by atoms with Crippen molar-refractivity contribution in [3.8, 4) is 11.4 Å². The number of aliphatic imine (C=N–C) groups is 1. The molecular weight excluding hydrogens is 410 g/mol. The number of rotatable bonds is 4. The highest BCUT2D eigenvalue weighted by Gasteiger charge is 2.38. The molecule has 1 saturated carbocycles. The maximum atomic E-state index is 12.8. The highest BCUT2D eigenvalue weighted by atomic mass is 32.2. The molecule has 1 fully saturated rings. The van der Waals surface area contributed by atoms with Crippen molar-refractivity contribution in [2.24, 2.45) is 16.0 Å². The first-order valence-corrected chi connectivity index (χ1v) is 11.3. The van der Waals surface area contributed by atoms with Gasteiger partial charge in [0.25, 0.3) is 5.91 Å². The van der Waals surface area contributed by atoms with Crippen molar-refractivity contribution < 1.29 is 9.53 Å². The molecule has 0 radical (unpaired) electrons. The Hall–Kier alpha value is -3.13. The first kappa shape index (κ1) is 19.8. The zero-order valence-corrected chi connectivity index (χ0v) is 18.1. The summed E-state index contributed by atoms with van der Waals surface area (Å²) in [6, 6.07) is 11.5. The van der Waals surface area contributed by atoms with E-state index in [1.54, 1.807) is 13.2 Å². The molecule has 0 bridgehead atoms. The van der Waals surface area contributed by atoms with E-state index < -0.39 is 5.91 Å². The minimum Gasteiger partial charge on any atom is -0.495 e. The van der Waals surface area contributed by atoms with E-state index in [0.29, 0.717) is 11.1 Å². The second-order valence-corrected chi connectivity index (χ2v) is 8.76. The molecule has 7 nitrogen and oxygen atoms in total. The van der Waals surface area contributed by atoms with E-state index in [1.807, 2.05) is 47.2 Å². The Balaban J connectivity index is 1.48. The third kappa shape index (κ3) is 3.61. The zero-order valence-electron chi connectivity index (χ0n) is 17.2. The summed E-state index contributed by atoms with van der Waals surface area (Å²) >= 11 is 1.44. The Morgan fingerprint density at radius 2 is 1.97 bits per heavy atom. The van der Waals surface area contributed by atoms with Gasteiger partial charge in [-0.25, -0.2) is 0 Å². The predicted octanol–water partition coefficient (Wildman–Crippen LogP) is 4.69. The Kier molecular flexibility index (Phi) is 5.23. The van der Waals surface area contributed by atoms with Crippen molar-refractivity contribution in [3.05, 3.63) is 53.9 Å². The number of hydrogen-bond acceptors (Lipinski definition) is 5. The number of nitrogens with zero attached hydrogens (tertiary/aromatic N) is 4. The fourth-order valence-electron chi connectivity index (χ4n) is 4.23. The summed E-state index contributed by atoms with van der Waals surface area (Å²) in [5, 5.41) is 16.3. The Labute approximate surface area is 185 Å². The molecule has 0 saturated heterocycles. The molecule has 5 rings (SSSR count). The molecule has 0 unspecified atom stereocenters. The lowest BCUT2D eigenvalue weighted by atomic mass is 9.90. The third-order valence-electron chi connectivity index (χ3n) is 5.84. The maximum Gasteiger partial charge on any atom is 0.283 e. The number of amidine groups is 2. The van der Waals surface area contributed by atoms with Crippen LogP contribution in [-0.4, -0.2) is 38.6 Å². The first-order chi connectivity index (χ1) is 15.2. The van der Waals surface area contributed by atoms with Crippen molar-refractivity contribution in [2.75, 3.05) is 7.11 Å². The van der Waals surface area contributed by atoms with Crippen LogP contribution in [0.5, 0.6) is 5.75 Å². The molecule has 2 aliphatic heterocycles. The highest BCUT2D eigenvalue weighted by Crippen LogP contribution is 2.36. The summed E-state index contributed by atoms with van der Waals surface area (Å²) in [4.78, 5) is 17.1. The van der Waals surface area contributed by atoms with Crippen LogP contribution < -0.4 is 4.74 Å². The highest BCUT2D eigenvalue weighted by molar-refractivity contribution is 8.27. The number of thioether (sulfide) groups is 1. The van der Waals surface area contributed by atoms with Crippen LogP contribution in [0.25, 0.3) is 11.8 Å².